The topological polar surface area (TPSA) is 95.4 Å². The second-order valence-corrected chi connectivity index (χ2v) is 6.64. The lowest BCUT2D eigenvalue weighted by atomic mass is 10.2. The second kappa shape index (κ2) is 9.86. The number of aromatic nitrogens is 2. The van der Waals surface area contributed by atoms with Crippen molar-refractivity contribution in [3.8, 4) is 27.7 Å². The largest absolute Gasteiger partial charge is 0.491 e. The highest BCUT2D eigenvalue weighted by Gasteiger charge is 2.07. The van der Waals surface area contributed by atoms with E-state index in [9.17, 15) is 9.90 Å². The Bertz CT molecular complexity index is 793. The molecule has 0 saturated heterocycles. The van der Waals surface area contributed by atoms with Crippen LogP contribution in [-0.4, -0.2) is 45.3 Å². The maximum atomic E-state index is 9.44. The SMILES string of the molecule is CC(C)=O.OCC(O)COc1ccc(-c2nc(-c3cccs3)c[nH]2)cc1. The van der Waals surface area contributed by atoms with Crippen LogP contribution in [0.25, 0.3) is 22.0 Å². The summed E-state index contributed by atoms with van der Waals surface area (Å²) < 4.78 is 5.37. The zero-order chi connectivity index (χ0) is 18.9. The summed E-state index contributed by atoms with van der Waals surface area (Å²) in [5, 5.41) is 20.0. The van der Waals surface area contributed by atoms with Crippen LogP contribution < -0.4 is 4.74 Å². The van der Waals surface area contributed by atoms with Gasteiger partial charge in [0.05, 0.1) is 17.2 Å². The van der Waals surface area contributed by atoms with E-state index < -0.39 is 6.10 Å². The summed E-state index contributed by atoms with van der Waals surface area (Å²) in [4.78, 5) is 18.3. The first kappa shape index (κ1) is 19.8. The Morgan fingerprint density at radius 1 is 1.27 bits per heavy atom. The van der Waals surface area contributed by atoms with Gasteiger partial charge in [0.1, 0.15) is 30.1 Å². The van der Waals surface area contributed by atoms with E-state index in [0.717, 1.165) is 22.0 Å². The van der Waals surface area contributed by atoms with Crippen molar-refractivity contribution in [1.29, 1.82) is 0 Å². The van der Waals surface area contributed by atoms with E-state index in [2.05, 4.69) is 9.97 Å². The van der Waals surface area contributed by atoms with Crippen LogP contribution in [-0.2, 0) is 4.79 Å². The molecule has 7 heteroatoms. The van der Waals surface area contributed by atoms with Crippen molar-refractivity contribution >= 4 is 17.1 Å². The van der Waals surface area contributed by atoms with Gasteiger partial charge in [-0.1, -0.05) is 6.07 Å². The predicted octanol–water partition coefficient (Wildman–Crippen LogP) is 3.13. The Kier molecular flexibility index (Phi) is 7.53. The van der Waals surface area contributed by atoms with Crippen LogP contribution in [0.4, 0.5) is 0 Å². The first-order chi connectivity index (χ1) is 12.5. The van der Waals surface area contributed by atoms with Crippen molar-refractivity contribution in [2.75, 3.05) is 13.2 Å². The Hall–Kier alpha value is -2.48. The molecule has 0 saturated carbocycles. The average molecular weight is 374 g/mol. The van der Waals surface area contributed by atoms with Crippen LogP contribution in [0.2, 0.25) is 0 Å². The van der Waals surface area contributed by atoms with Crippen molar-refractivity contribution < 1.29 is 19.7 Å². The van der Waals surface area contributed by atoms with Gasteiger partial charge in [0.15, 0.2) is 0 Å². The number of ketones is 1. The number of carbonyl (C=O) groups is 1. The molecule has 0 radical (unpaired) electrons. The third kappa shape index (κ3) is 6.11. The lowest BCUT2D eigenvalue weighted by Crippen LogP contribution is -2.21. The van der Waals surface area contributed by atoms with Crippen LogP contribution >= 0.6 is 11.3 Å². The van der Waals surface area contributed by atoms with Crippen molar-refractivity contribution in [2.24, 2.45) is 0 Å². The number of carbonyl (C=O) groups excluding carboxylic acids is 1. The lowest BCUT2D eigenvalue weighted by molar-refractivity contribution is -0.114. The number of H-pyrrole nitrogens is 1. The number of aliphatic hydroxyl groups is 2. The standard InChI is InChI=1S/C16H16N2O3S.C3H6O/c19-9-12(20)10-21-13-5-3-11(4-6-13)16-17-8-14(18-16)15-2-1-7-22-15;1-3(2)4/h1-8,12,19-20H,9-10H2,(H,17,18);1-2H3. The number of benzene rings is 1. The van der Waals surface area contributed by atoms with Crippen LogP contribution in [0.5, 0.6) is 5.75 Å². The highest BCUT2D eigenvalue weighted by molar-refractivity contribution is 7.13. The van der Waals surface area contributed by atoms with Gasteiger partial charge in [0.2, 0.25) is 0 Å². The number of ether oxygens (including phenoxy) is 1. The zero-order valence-corrected chi connectivity index (χ0v) is 15.5. The molecule has 6 nitrogen and oxygen atoms in total. The van der Waals surface area contributed by atoms with Crippen LogP contribution in [0.1, 0.15) is 13.8 Å². The minimum atomic E-state index is -0.863. The van der Waals surface area contributed by atoms with Gasteiger partial charge in [-0.15, -0.1) is 11.3 Å². The van der Waals surface area contributed by atoms with Crippen molar-refractivity contribution in [3.05, 3.63) is 48.0 Å². The number of rotatable bonds is 6. The average Bonchev–Trinajstić information content (AvgIpc) is 3.30. The third-order valence-electron chi connectivity index (χ3n) is 3.13. The molecule has 3 rings (SSSR count). The van der Waals surface area contributed by atoms with Crippen molar-refractivity contribution in [3.63, 3.8) is 0 Å². The first-order valence-corrected chi connectivity index (χ1v) is 8.96. The van der Waals surface area contributed by atoms with E-state index in [1.807, 2.05) is 48.0 Å². The molecule has 2 aromatic heterocycles. The van der Waals surface area contributed by atoms with Crippen molar-refractivity contribution in [2.45, 2.75) is 20.0 Å². The quantitative estimate of drug-likeness (QED) is 0.616. The molecule has 3 N–H and O–H groups in total. The Labute approximate surface area is 156 Å². The van der Waals surface area contributed by atoms with Crippen LogP contribution in [0.15, 0.2) is 48.0 Å². The maximum absolute atomic E-state index is 9.44. The molecular formula is C19H22N2O4S. The van der Waals surface area contributed by atoms with Gasteiger partial charge in [0, 0.05) is 11.8 Å². The molecule has 26 heavy (non-hydrogen) atoms. The molecule has 0 bridgehead atoms. The van der Waals surface area contributed by atoms with E-state index in [1.54, 1.807) is 11.3 Å². The molecule has 2 heterocycles. The minimum Gasteiger partial charge on any atom is -0.491 e. The number of hydrogen-bond donors (Lipinski definition) is 3. The van der Waals surface area contributed by atoms with Crippen LogP contribution in [0.3, 0.4) is 0 Å². The highest BCUT2D eigenvalue weighted by Crippen LogP contribution is 2.26. The fourth-order valence-electron chi connectivity index (χ4n) is 1.97. The maximum Gasteiger partial charge on any atom is 0.138 e. The molecule has 1 unspecified atom stereocenters. The molecule has 3 aromatic rings. The Balaban J connectivity index is 0.000000552. The summed E-state index contributed by atoms with van der Waals surface area (Å²) >= 11 is 1.65. The van der Waals surface area contributed by atoms with Crippen molar-refractivity contribution in [1.82, 2.24) is 9.97 Å². The first-order valence-electron chi connectivity index (χ1n) is 8.08. The molecule has 0 amide bonds. The molecule has 138 valence electrons. The fourth-order valence-corrected chi connectivity index (χ4v) is 2.66. The van der Waals surface area contributed by atoms with E-state index in [1.165, 1.54) is 13.8 Å². The second-order valence-electron chi connectivity index (χ2n) is 5.69. The zero-order valence-electron chi connectivity index (χ0n) is 14.7. The van der Waals surface area contributed by atoms with Gasteiger partial charge in [-0.05, 0) is 49.6 Å². The molecule has 1 aromatic carbocycles. The predicted molar refractivity (Wildman–Crippen MR) is 102 cm³/mol. The number of thiophene rings is 1. The summed E-state index contributed by atoms with van der Waals surface area (Å²) in [5.74, 6) is 1.60. The summed E-state index contributed by atoms with van der Waals surface area (Å²) in [6, 6.07) is 11.5. The number of hydrogen-bond acceptors (Lipinski definition) is 6. The molecule has 0 aliphatic carbocycles. The lowest BCUT2D eigenvalue weighted by Gasteiger charge is -2.09. The van der Waals surface area contributed by atoms with Gasteiger partial charge in [-0.3, -0.25) is 0 Å². The van der Waals surface area contributed by atoms with Gasteiger partial charge in [-0.2, -0.15) is 0 Å². The van der Waals surface area contributed by atoms with E-state index in [4.69, 9.17) is 9.84 Å². The van der Waals surface area contributed by atoms with Gasteiger partial charge in [-0.25, -0.2) is 4.98 Å². The fraction of sp³-hybridized carbons (Fsp3) is 0.263. The normalized spacial score (nSPS) is 11.4. The molecular weight excluding hydrogens is 352 g/mol. The van der Waals surface area contributed by atoms with E-state index in [-0.39, 0.29) is 19.0 Å². The van der Waals surface area contributed by atoms with E-state index >= 15 is 0 Å². The number of imidazole rings is 1. The number of Topliss-reactive ketones (excluding diaryl/α,β-unsaturated/α-hetero) is 1. The number of nitrogens with one attached hydrogen (secondary N) is 1. The summed E-state index contributed by atoms with van der Waals surface area (Å²) in [6.07, 6.45) is 1.03. The van der Waals surface area contributed by atoms with Gasteiger partial charge >= 0.3 is 0 Å². The Morgan fingerprint density at radius 3 is 2.54 bits per heavy atom. The number of aliphatic hydroxyl groups excluding tert-OH is 2. The third-order valence-corrected chi connectivity index (χ3v) is 4.02. The summed E-state index contributed by atoms with van der Waals surface area (Å²) in [6.45, 7) is 2.81. The van der Waals surface area contributed by atoms with Gasteiger partial charge < -0.3 is 24.7 Å². The summed E-state index contributed by atoms with van der Waals surface area (Å²) in [5.41, 5.74) is 1.88. The monoisotopic (exact) mass is 374 g/mol. The minimum absolute atomic E-state index is 0.0686. The molecule has 1 atom stereocenters. The highest BCUT2D eigenvalue weighted by atomic mass is 32.1. The smallest absolute Gasteiger partial charge is 0.138 e. The van der Waals surface area contributed by atoms with Crippen LogP contribution in [0, 0.1) is 0 Å². The molecule has 0 spiro atoms. The molecule has 0 fully saturated rings. The molecule has 0 aliphatic heterocycles. The molecule has 0 aliphatic rings. The Morgan fingerprint density at radius 2 is 1.96 bits per heavy atom. The number of nitrogens with zero attached hydrogens (tertiary/aromatic N) is 1. The van der Waals surface area contributed by atoms with E-state index in [0.29, 0.717) is 5.75 Å². The number of aromatic amines is 1. The summed E-state index contributed by atoms with van der Waals surface area (Å²) in [7, 11) is 0. The van der Waals surface area contributed by atoms with Gasteiger partial charge in [0.25, 0.3) is 0 Å².